The van der Waals surface area contributed by atoms with Crippen LogP contribution in [0.2, 0.25) is 0 Å². The monoisotopic (exact) mass is 423 g/mol. The summed E-state index contributed by atoms with van der Waals surface area (Å²) in [4.78, 5) is 26.1. The smallest absolute Gasteiger partial charge is 0.306 e. The normalized spacial score (nSPS) is 20.8. The van der Waals surface area contributed by atoms with Crippen molar-refractivity contribution in [1.82, 2.24) is 4.90 Å². The van der Waals surface area contributed by atoms with Gasteiger partial charge in [-0.3, -0.25) is 9.59 Å². The number of esters is 1. The molecule has 168 valence electrons. The molecule has 0 radical (unpaired) electrons. The maximum Gasteiger partial charge on any atom is 0.306 e. The van der Waals surface area contributed by atoms with Gasteiger partial charge >= 0.3 is 5.97 Å². The molecule has 0 amide bonds. The van der Waals surface area contributed by atoms with E-state index in [0.29, 0.717) is 18.9 Å². The Balaban J connectivity index is 1.79. The highest BCUT2D eigenvalue weighted by Gasteiger charge is 2.20. The summed E-state index contributed by atoms with van der Waals surface area (Å²) in [7, 11) is 0. The Labute approximate surface area is 187 Å². The number of carbonyl (C=O) groups is 2. The van der Waals surface area contributed by atoms with E-state index in [4.69, 9.17) is 4.74 Å². The van der Waals surface area contributed by atoms with Crippen LogP contribution in [-0.4, -0.2) is 36.9 Å². The van der Waals surface area contributed by atoms with Crippen molar-refractivity contribution in [3.8, 4) is 0 Å². The number of hydrogen-bond donors (Lipinski definition) is 0. The molecular weight excluding hydrogens is 386 g/mol. The number of carbonyl (C=O) groups excluding carboxylic acids is 2. The Morgan fingerprint density at radius 2 is 1.81 bits per heavy atom. The van der Waals surface area contributed by atoms with Crippen LogP contribution in [0.4, 0.5) is 0 Å². The zero-order valence-electron chi connectivity index (χ0n) is 19.2. The van der Waals surface area contributed by atoms with E-state index < -0.39 is 0 Å². The van der Waals surface area contributed by atoms with Gasteiger partial charge in [-0.15, -0.1) is 0 Å². The van der Waals surface area contributed by atoms with E-state index in [1.807, 2.05) is 6.92 Å². The highest BCUT2D eigenvalue weighted by atomic mass is 16.5. The Morgan fingerprint density at radius 1 is 1.06 bits per heavy atom. The van der Waals surface area contributed by atoms with Crippen LogP contribution >= 0.6 is 0 Å². The molecule has 1 aromatic rings. The molecule has 1 heterocycles. The topological polar surface area (TPSA) is 46.6 Å². The Morgan fingerprint density at radius 3 is 2.55 bits per heavy atom. The fraction of sp³-hybridized carbons (Fsp3) is 0.556. The maximum atomic E-state index is 12.2. The van der Waals surface area contributed by atoms with Gasteiger partial charge in [0.05, 0.1) is 6.61 Å². The number of benzene rings is 1. The van der Waals surface area contributed by atoms with Crippen LogP contribution in [0.25, 0.3) is 0 Å². The van der Waals surface area contributed by atoms with E-state index in [1.165, 1.54) is 28.8 Å². The zero-order chi connectivity index (χ0) is 22.1. The van der Waals surface area contributed by atoms with Crippen LogP contribution in [0.15, 0.2) is 47.2 Å². The molecule has 0 N–H and O–H groups in total. The third-order valence-electron chi connectivity index (χ3n) is 6.66. The van der Waals surface area contributed by atoms with Crippen LogP contribution in [0.5, 0.6) is 0 Å². The third kappa shape index (κ3) is 6.81. The minimum absolute atomic E-state index is 0.0828. The first-order valence-corrected chi connectivity index (χ1v) is 11.9. The van der Waals surface area contributed by atoms with E-state index in [9.17, 15) is 9.59 Å². The molecule has 4 nitrogen and oxygen atoms in total. The minimum atomic E-state index is -0.0828. The van der Waals surface area contributed by atoms with Gasteiger partial charge in [-0.25, -0.2) is 0 Å². The quantitative estimate of drug-likeness (QED) is 0.453. The summed E-state index contributed by atoms with van der Waals surface area (Å²) in [6.45, 7) is 6.45. The number of rotatable bonds is 6. The largest absolute Gasteiger partial charge is 0.466 e. The van der Waals surface area contributed by atoms with Crippen molar-refractivity contribution in [2.24, 2.45) is 5.92 Å². The summed E-state index contributed by atoms with van der Waals surface area (Å²) in [6, 6.07) is 8.65. The molecule has 1 aromatic carbocycles. The molecule has 0 saturated carbocycles. The van der Waals surface area contributed by atoms with Crippen molar-refractivity contribution in [2.75, 3.05) is 19.7 Å². The summed E-state index contributed by atoms with van der Waals surface area (Å²) in [5.74, 6) is 0.229. The van der Waals surface area contributed by atoms with Gasteiger partial charge in [0.1, 0.15) is 6.29 Å². The molecule has 1 atom stereocenters. The Kier molecular flexibility index (Phi) is 8.93. The Hall–Kier alpha value is -2.36. The molecule has 1 aliphatic carbocycles. The van der Waals surface area contributed by atoms with Crippen molar-refractivity contribution in [3.05, 3.63) is 58.3 Å². The van der Waals surface area contributed by atoms with Gasteiger partial charge in [0.2, 0.25) is 0 Å². The standard InChI is InChI=1S/C27H37NO3/c1-3-31-27(30)19-22-9-8-15-28(16-14-23-10-4-5-12-25(23)18-22)21(2)17-24-11-6-7-13-26(24)20-29/h4-5,10,12,17,20,22H,3,6-9,11,13-16,18-19H2,1-2H3/b21-17+. The minimum Gasteiger partial charge on any atom is -0.466 e. The number of allylic oxidation sites excluding steroid dienone is 4. The van der Waals surface area contributed by atoms with Crippen molar-refractivity contribution in [1.29, 1.82) is 0 Å². The number of fused-ring (bicyclic) bond motifs is 1. The number of aldehydes is 1. The first-order chi connectivity index (χ1) is 15.1. The second-order valence-corrected chi connectivity index (χ2v) is 8.89. The van der Waals surface area contributed by atoms with Crippen molar-refractivity contribution < 1.29 is 14.3 Å². The molecule has 31 heavy (non-hydrogen) atoms. The summed E-state index contributed by atoms with van der Waals surface area (Å²) >= 11 is 0. The number of hydrogen-bond acceptors (Lipinski definition) is 4. The molecule has 2 aliphatic rings. The van der Waals surface area contributed by atoms with Gasteiger partial charge in [0, 0.05) is 25.2 Å². The van der Waals surface area contributed by atoms with Gasteiger partial charge in [0.25, 0.3) is 0 Å². The Bertz CT molecular complexity index is 824. The summed E-state index contributed by atoms with van der Waals surface area (Å²) in [5.41, 5.74) is 6.18. The maximum absolute atomic E-state index is 12.2. The van der Waals surface area contributed by atoms with Crippen molar-refractivity contribution in [2.45, 2.75) is 71.6 Å². The molecule has 1 unspecified atom stereocenters. The van der Waals surface area contributed by atoms with Crippen molar-refractivity contribution in [3.63, 3.8) is 0 Å². The lowest BCUT2D eigenvalue weighted by atomic mass is 9.88. The van der Waals surface area contributed by atoms with Gasteiger partial charge in [0.15, 0.2) is 0 Å². The highest BCUT2D eigenvalue weighted by Crippen LogP contribution is 2.27. The fourth-order valence-electron chi connectivity index (χ4n) is 4.93. The molecule has 3 rings (SSSR count). The zero-order valence-corrected chi connectivity index (χ0v) is 19.2. The second-order valence-electron chi connectivity index (χ2n) is 8.89. The lowest BCUT2D eigenvalue weighted by Gasteiger charge is -2.29. The first kappa shape index (κ1) is 23.3. The molecule has 0 spiro atoms. The fourth-order valence-corrected chi connectivity index (χ4v) is 4.93. The predicted molar refractivity (Wildman–Crippen MR) is 125 cm³/mol. The van der Waals surface area contributed by atoms with Gasteiger partial charge in [-0.1, -0.05) is 24.3 Å². The number of nitrogens with zero attached hydrogens (tertiary/aromatic N) is 1. The lowest BCUT2D eigenvalue weighted by Crippen LogP contribution is -2.28. The van der Waals surface area contributed by atoms with E-state index in [1.54, 1.807) is 0 Å². The van der Waals surface area contributed by atoms with Crippen molar-refractivity contribution >= 4 is 12.3 Å². The number of ether oxygens (including phenoxy) is 1. The highest BCUT2D eigenvalue weighted by molar-refractivity contribution is 5.76. The van der Waals surface area contributed by atoms with Crippen LogP contribution in [0.3, 0.4) is 0 Å². The third-order valence-corrected chi connectivity index (χ3v) is 6.66. The molecule has 0 bridgehead atoms. The van der Waals surface area contributed by atoms with E-state index in [2.05, 4.69) is 42.2 Å². The average molecular weight is 424 g/mol. The van der Waals surface area contributed by atoms with Crippen LogP contribution in [0, 0.1) is 5.92 Å². The van der Waals surface area contributed by atoms with E-state index in [-0.39, 0.29) is 5.97 Å². The van der Waals surface area contributed by atoms with Gasteiger partial charge < -0.3 is 9.64 Å². The average Bonchev–Trinajstić information content (AvgIpc) is 2.77. The van der Waals surface area contributed by atoms with Crippen LogP contribution in [-0.2, 0) is 27.2 Å². The van der Waals surface area contributed by atoms with E-state index >= 15 is 0 Å². The summed E-state index contributed by atoms with van der Waals surface area (Å²) in [5, 5.41) is 0. The van der Waals surface area contributed by atoms with Gasteiger partial charge in [-0.05, 0) is 99.5 Å². The molecule has 1 aliphatic heterocycles. The summed E-state index contributed by atoms with van der Waals surface area (Å²) in [6.07, 6.45) is 12.0. The van der Waals surface area contributed by atoms with Gasteiger partial charge in [-0.2, -0.15) is 0 Å². The SMILES string of the molecule is CCOC(=O)CC1CCCN(/C(C)=C/C2=C(C=O)CCCC2)CCc2ccccc2C1. The van der Waals surface area contributed by atoms with Crippen LogP contribution in [0.1, 0.15) is 69.9 Å². The molecule has 0 fully saturated rings. The van der Waals surface area contributed by atoms with Crippen LogP contribution < -0.4 is 0 Å². The molecular formula is C27H37NO3. The van der Waals surface area contributed by atoms with E-state index in [0.717, 1.165) is 69.9 Å². The molecule has 4 heteroatoms. The summed E-state index contributed by atoms with van der Waals surface area (Å²) < 4.78 is 5.23. The second kappa shape index (κ2) is 11.9. The molecule has 0 saturated heterocycles. The lowest BCUT2D eigenvalue weighted by molar-refractivity contribution is -0.144. The predicted octanol–water partition coefficient (Wildman–Crippen LogP) is 5.41. The molecule has 0 aromatic heterocycles. The first-order valence-electron chi connectivity index (χ1n) is 11.9.